The van der Waals surface area contributed by atoms with Gasteiger partial charge >= 0.3 is 6.18 Å². The molecule has 0 radical (unpaired) electrons. The molecule has 1 heterocycles. The van der Waals surface area contributed by atoms with Crippen molar-refractivity contribution < 1.29 is 18.0 Å². The van der Waals surface area contributed by atoms with Gasteiger partial charge in [-0.05, 0) is 37.0 Å². The Kier molecular flexibility index (Phi) is 7.28. The van der Waals surface area contributed by atoms with E-state index in [0.29, 0.717) is 47.8 Å². The Labute approximate surface area is 188 Å². The van der Waals surface area contributed by atoms with Crippen molar-refractivity contribution in [2.45, 2.75) is 57.8 Å². The van der Waals surface area contributed by atoms with Crippen molar-refractivity contribution in [2.24, 2.45) is 10.7 Å². The number of hydrogen-bond donors (Lipinski definition) is 2. The molecular weight excluding hydrogens is 445 g/mol. The molecule has 1 aromatic heterocycles. The van der Waals surface area contributed by atoms with Crippen LogP contribution in [-0.2, 0) is 17.8 Å². The number of carbonyl (C=O) groups excluding carboxylic acids is 1. The Hall–Kier alpha value is -2.81. The van der Waals surface area contributed by atoms with Crippen molar-refractivity contribution in [2.75, 3.05) is 5.32 Å². The zero-order chi connectivity index (χ0) is 23.5. The van der Waals surface area contributed by atoms with Crippen LogP contribution in [0.4, 0.5) is 19.0 Å². The van der Waals surface area contributed by atoms with Gasteiger partial charge in [0.1, 0.15) is 18.1 Å². The lowest BCUT2D eigenvalue weighted by Gasteiger charge is -2.22. The molecule has 1 fully saturated rings. The second-order valence-electron chi connectivity index (χ2n) is 7.68. The quantitative estimate of drug-likeness (QED) is 0.498. The number of rotatable bonds is 5. The van der Waals surface area contributed by atoms with Gasteiger partial charge in [0.05, 0.1) is 6.04 Å². The Morgan fingerprint density at radius 2 is 1.88 bits per heavy atom. The fourth-order valence-corrected chi connectivity index (χ4v) is 3.99. The van der Waals surface area contributed by atoms with Crippen molar-refractivity contribution in [3.8, 4) is 11.1 Å². The molecule has 0 spiro atoms. The molecule has 1 aliphatic carbocycles. The summed E-state index contributed by atoms with van der Waals surface area (Å²) < 4.78 is 40.8. The zero-order valence-corrected chi connectivity index (χ0v) is 18.3. The van der Waals surface area contributed by atoms with Gasteiger partial charge in [-0.2, -0.15) is 13.2 Å². The highest BCUT2D eigenvalue weighted by atomic mass is 35.5. The predicted octanol–water partition coefficient (Wildman–Crippen LogP) is 4.53. The van der Waals surface area contributed by atoms with Crippen LogP contribution in [0.1, 0.15) is 38.2 Å². The topological polar surface area (TPSA) is 89.5 Å². The largest absolute Gasteiger partial charge is 0.406 e. The van der Waals surface area contributed by atoms with Crippen LogP contribution in [0.2, 0.25) is 5.02 Å². The Morgan fingerprint density at radius 1 is 1.22 bits per heavy atom. The minimum absolute atomic E-state index is 0.0567. The van der Waals surface area contributed by atoms with Crippen LogP contribution < -0.4 is 16.6 Å². The summed E-state index contributed by atoms with van der Waals surface area (Å²) in [7, 11) is 0. The fourth-order valence-electron chi connectivity index (χ4n) is 3.75. The summed E-state index contributed by atoms with van der Waals surface area (Å²) >= 11 is 6.21. The molecule has 32 heavy (non-hydrogen) atoms. The molecule has 0 saturated heterocycles. The minimum atomic E-state index is -4.64. The molecule has 0 atom stereocenters. The molecule has 6 nitrogen and oxygen atoms in total. The minimum Gasteiger partial charge on any atom is -0.370 e. The average molecular weight is 469 g/mol. The third-order valence-corrected chi connectivity index (χ3v) is 5.66. The van der Waals surface area contributed by atoms with Crippen LogP contribution in [0.3, 0.4) is 0 Å². The summed E-state index contributed by atoms with van der Waals surface area (Å²) in [6.07, 6.45) is -2.45. The SMILES string of the molecule is CCc1cc(-c2ccccc2Cl)c(=O)n(CC(F)(F)F)c1NC(N)=NC1CCC(=O)CC1. The Balaban J connectivity index is 2.08. The lowest BCUT2D eigenvalue weighted by Crippen LogP contribution is -2.35. The number of guanidine groups is 1. The molecule has 0 unspecified atom stereocenters. The first-order chi connectivity index (χ1) is 15.1. The maximum Gasteiger partial charge on any atom is 0.406 e. The molecule has 0 bridgehead atoms. The third-order valence-electron chi connectivity index (χ3n) is 5.33. The number of Topliss-reactive ketones (excluding diaryl/α,β-unsaturated/α-hetero) is 1. The van der Waals surface area contributed by atoms with E-state index < -0.39 is 18.3 Å². The Morgan fingerprint density at radius 3 is 2.47 bits per heavy atom. The van der Waals surface area contributed by atoms with E-state index >= 15 is 0 Å². The molecule has 172 valence electrons. The van der Waals surface area contributed by atoms with Crippen LogP contribution in [0.25, 0.3) is 11.1 Å². The number of pyridine rings is 1. The first-order valence-electron chi connectivity index (χ1n) is 10.3. The molecule has 3 rings (SSSR count). The van der Waals surface area contributed by atoms with Crippen LogP contribution in [-0.4, -0.2) is 28.5 Å². The summed E-state index contributed by atoms with van der Waals surface area (Å²) in [6, 6.07) is 7.82. The van der Waals surface area contributed by atoms with Gasteiger partial charge in [0.25, 0.3) is 5.56 Å². The molecule has 0 amide bonds. The van der Waals surface area contributed by atoms with Crippen LogP contribution in [0, 0.1) is 0 Å². The van der Waals surface area contributed by atoms with Crippen molar-refractivity contribution in [1.29, 1.82) is 0 Å². The fraction of sp³-hybridized carbons (Fsp3) is 0.409. The lowest BCUT2D eigenvalue weighted by molar-refractivity contribution is -0.140. The van der Waals surface area contributed by atoms with Crippen molar-refractivity contribution in [1.82, 2.24) is 4.57 Å². The number of aliphatic imine (C=N–C) groups is 1. The number of anilines is 1. The molecular formula is C22H24ClF3N4O2. The highest BCUT2D eigenvalue weighted by molar-refractivity contribution is 6.33. The Bertz CT molecular complexity index is 1090. The van der Waals surface area contributed by atoms with Crippen molar-refractivity contribution >= 4 is 29.2 Å². The smallest absolute Gasteiger partial charge is 0.370 e. The number of nitrogens with one attached hydrogen (secondary N) is 1. The molecule has 10 heteroatoms. The molecule has 1 saturated carbocycles. The lowest BCUT2D eigenvalue weighted by atomic mass is 9.95. The number of benzene rings is 1. The van der Waals surface area contributed by atoms with E-state index in [4.69, 9.17) is 17.3 Å². The number of ketones is 1. The van der Waals surface area contributed by atoms with Crippen LogP contribution in [0.5, 0.6) is 0 Å². The highest BCUT2D eigenvalue weighted by Gasteiger charge is 2.31. The number of carbonyl (C=O) groups is 1. The van der Waals surface area contributed by atoms with Crippen LogP contribution >= 0.6 is 11.6 Å². The second-order valence-corrected chi connectivity index (χ2v) is 8.09. The van der Waals surface area contributed by atoms with E-state index in [1.807, 2.05) is 0 Å². The summed E-state index contributed by atoms with van der Waals surface area (Å²) in [5.41, 5.74) is 6.03. The number of aryl methyl sites for hydroxylation is 1. The van der Waals surface area contributed by atoms with E-state index in [2.05, 4.69) is 10.3 Å². The van der Waals surface area contributed by atoms with E-state index in [9.17, 15) is 22.8 Å². The molecule has 0 aliphatic heterocycles. The second kappa shape index (κ2) is 9.77. The summed E-state index contributed by atoms with van der Waals surface area (Å²) in [5, 5.41) is 2.98. The number of halogens is 4. The number of hydrogen-bond acceptors (Lipinski definition) is 3. The summed E-state index contributed by atoms with van der Waals surface area (Å²) in [5.74, 6) is 0.00376. The molecule has 2 aromatic rings. The van der Waals surface area contributed by atoms with Gasteiger partial charge in [0, 0.05) is 29.0 Å². The van der Waals surface area contributed by atoms with Gasteiger partial charge < -0.3 is 11.1 Å². The third kappa shape index (κ3) is 5.70. The molecule has 3 N–H and O–H groups in total. The van der Waals surface area contributed by atoms with Gasteiger partial charge in [-0.3, -0.25) is 14.2 Å². The maximum absolute atomic E-state index is 13.4. The van der Waals surface area contributed by atoms with Gasteiger partial charge in [-0.1, -0.05) is 36.7 Å². The zero-order valence-electron chi connectivity index (χ0n) is 17.5. The van der Waals surface area contributed by atoms with Gasteiger partial charge in [-0.15, -0.1) is 0 Å². The van der Waals surface area contributed by atoms with Crippen molar-refractivity contribution in [3.63, 3.8) is 0 Å². The average Bonchev–Trinajstić information content (AvgIpc) is 2.72. The predicted molar refractivity (Wildman–Crippen MR) is 119 cm³/mol. The number of nitrogens with two attached hydrogens (primary N) is 1. The summed E-state index contributed by atoms with van der Waals surface area (Å²) in [4.78, 5) is 28.9. The van der Waals surface area contributed by atoms with E-state index in [-0.39, 0.29) is 34.2 Å². The van der Waals surface area contributed by atoms with Gasteiger partial charge in [0.15, 0.2) is 5.96 Å². The number of alkyl halides is 3. The van der Waals surface area contributed by atoms with Gasteiger partial charge in [0.2, 0.25) is 0 Å². The van der Waals surface area contributed by atoms with Crippen LogP contribution in [0.15, 0.2) is 40.1 Å². The van der Waals surface area contributed by atoms with E-state index in [1.165, 1.54) is 6.07 Å². The first-order valence-corrected chi connectivity index (χ1v) is 10.7. The summed E-state index contributed by atoms with van der Waals surface area (Å²) in [6.45, 7) is 0.268. The number of aromatic nitrogens is 1. The van der Waals surface area contributed by atoms with E-state index in [0.717, 1.165) is 0 Å². The standard InChI is InChI=1S/C22H24ClF3N4O2/c1-2-13-11-17(16-5-3-4-6-18(16)23)20(32)30(12-22(24,25)26)19(13)29-21(27)28-14-7-9-15(31)10-8-14/h3-6,11,14H,2,7-10,12H2,1H3,(H3,27,28,29). The molecule has 1 aliphatic rings. The molecule has 1 aromatic carbocycles. The first kappa shape index (κ1) is 23.8. The monoisotopic (exact) mass is 468 g/mol. The number of nitrogens with zero attached hydrogens (tertiary/aromatic N) is 2. The highest BCUT2D eigenvalue weighted by Crippen LogP contribution is 2.30. The normalized spacial score (nSPS) is 15.8. The van der Waals surface area contributed by atoms with E-state index in [1.54, 1.807) is 31.2 Å². The van der Waals surface area contributed by atoms with Gasteiger partial charge in [-0.25, -0.2) is 4.99 Å². The maximum atomic E-state index is 13.4. The van der Waals surface area contributed by atoms with Crippen molar-refractivity contribution in [3.05, 3.63) is 51.3 Å².